The largest absolute Gasteiger partial charge is 0.395 e. The van der Waals surface area contributed by atoms with Crippen molar-refractivity contribution < 1.29 is 18.0 Å². The molecule has 1 aliphatic carbocycles. The van der Waals surface area contributed by atoms with Gasteiger partial charge in [-0.15, -0.1) is 0 Å². The van der Waals surface area contributed by atoms with E-state index in [0.717, 1.165) is 27.9 Å². The topological polar surface area (TPSA) is 63.1 Å². The molecule has 1 aliphatic heterocycles. The number of hydrogen-bond acceptors (Lipinski definition) is 4. The Balaban J connectivity index is 1.29. The molecular weight excluding hydrogens is 467 g/mol. The first kappa shape index (κ1) is 24.7. The predicted octanol–water partition coefficient (Wildman–Crippen LogP) is 5.72. The molecule has 0 radical (unpaired) electrons. The van der Waals surface area contributed by atoms with Gasteiger partial charge in [-0.1, -0.05) is 19.1 Å². The highest BCUT2D eigenvalue weighted by atomic mass is 19.4. The molecule has 2 aromatic heterocycles. The standard InChI is InChI=1S/C27H32F3N5O/c1-4-25(9-11-35(12-10-25)17-26(7-8-26)27(28,29)30)24(36)33-23-14-21-13-19(5-6-20(21)15-32-23)22-16-31-18(2)34(22)3/h5-6,13-16H,4,7-12,17H2,1-3H3,(H,32,33,36). The van der Waals surface area contributed by atoms with E-state index in [-0.39, 0.29) is 25.3 Å². The number of rotatable bonds is 6. The monoisotopic (exact) mass is 499 g/mol. The van der Waals surface area contributed by atoms with Crippen molar-refractivity contribution in [1.29, 1.82) is 0 Å². The number of aromatic nitrogens is 3. The number of pyridine rings is 1. The van der Waals surface area contributed by atoms with Gasteiger partial charge in [-0.05, 0) is 69.6 Å². The molecule has 1 saturated heterocycles. The van der Waals surface area contributed by atoms with Crippen molar-refractivity contribution in [3.8, 4) is 11.3 Å². The summed E-state index contributed by atoms with van der Waals surface area (Å²) in [7, 11) is 1.98. The van der Waals surface area contributed by atoms with Crippen molar-refractivity contribution in [2.24, 2.45) is 17.9 Å². The first-order valence-corrected chi connectivity index (χ1v) is 12.5. The zero-order valence-corrected chi connectivity index (χ0v) is 21.0. The minimum Gasteiger partial charge on any atom is -0.331 e. The molecule has 0 spiro atoms. The van der Waals surface area contributed by atoms with Gasteiger partial charge in [0, 0.05) is 30.7 Å². The lowest BCUT2D eigenvalue weighted by Gasteiger charge is -2.41. The molecule has 3 heterocycles. The van der Waals surface area contributed by atoms with Gasteiger partial charge in [0.15, 0.2) is 0 Å². The lowest BCUT2D eigenvalue weighted by Crippen LogP contribution is -2.49. The number of aryl methyl sites for hydroxylation is 1. The number of anilines is 1. The number of carbonyl (C=O) groups excluding carboxylic acids is 1. The Morgan fingerprint density at radius 2 is 1.78 bits per heavy atom. The van der Waals surface area contributed by atoms with Gasteiger partial charge in [0.1, 0.15) is 11.6 Å². The molecule has 36 heavy (non-hydrogen) atoms. The van der Waals surface area contributed by atoms with Gasteiger partial charge in [0.25, 0.3) is 0 Å². The second-order valence-electron chi connectivity index (χ2n) is 10.5. The van der Waals surface area contributed by atoms with Crippen molar-refractivity contribution in [2.75, 3.05) is 25.0 Å². The first-order chi connectivity index (χ1) is 17.1. The molecule has 2 aliphatic rings. The van der Waals surface area contributed by atoms with Crippen LogP contribution in [0.1, 0.15) is 44.9 Å². The van der Waals surface area contributed by atoms with Crippen molar-refractivity contribution in [3.63, 3.8) is 0 Å². The quantitative estimate of drug-likeness (QED) is 0.472. The van der Waals surface area contributed by atoms with E-state index in [0.29, 0.717) is 38.2 Å². The molecule has 0 bridgehead atoms. The van der Waals surface area contributed by atoms with Crippen LogP contribution in [0.4, 0.5) is 19.0 Å². The summed E-state index contributed by atoms with van der Waals surface area (Å²) in [5.41, 5.74) is -0.106. The number of hydrogen-bond donors (Lipinski definition) is 1. The Morgan fingerprint density at radius 1 is 1.06 bits per heavy atom. The molecule has 1 N–H and O–H groups in total. The second kappa shape index (κ2) is 8.87. The summed E-state index contributed by atoms with van der Waals surface area (Å²) < 4.78 is 42.2. The van der Waals surface area contributed by atoms with E-state index < -0.39 is 17.0 Å². The van der Waals surface area contributed by atoms with Crippen LogP contribution in [0.2, 0.25) is 0 Å². The molecule has 5 rings (SSSR count). The zero-order chi connectivity index (χ0) is 25.7. The maximum atomic E-state index is 13.4. The van der Waals surface area contributed by atoms with Gasteiger partial charge in [-0.3, -0.25) is 4.79 Å². The number of fused-ring (bicyclic) bond motifs is 1. The van der Waals surface area contributed by atoms with Crippen molar-refractivity contribution >= 4 is 22.5 Å². The van der Waals surface area contributed by atoms with E-state index in [1.807, 2.05) is 54.8 Å². The second-order valence-corrected chi connectivity index (χ2v) is 10.5. The van der Waals surface area contributed by atoms with E-state index in [1.54, 1.807) is 6.20 Å². The van der Waals surface area contributed by atoms with E-state index >= 15 is 0 Å². The summed E-state index contributed by atoms with van der Waals surface area (Å²) in [5, 5.41) is 4.93. The van der Waals surface area contributed by atoms with Crippen LogP contribution >= 0.6 is 0 Å². The number of likely N-dealkylation sites (tertiary alicyclic amines) is 1. The average molecular weight is 500 g/mol. The molecule has 2 fully saturated rings. The maximum absolute atomic E-state index is 13.4. The number of nitrogens with zero attached hydrogens (tertiary/aromatic N) is 4. The molecule has 9 heteroatoms. The van der Waals surface area contributed by atoms with Crippen molar-refractivity contribution in [3.05, 3.63) is 42.5 Å². The van der Waals surface area contributed by atoms with E-state index in [2.05, 4.69) is 21.4 Å². The van der Waals surface area contributed by atoms with Crippen molar-refractivity contribution in [2.45, 2.75) is 52.1 Å². The zero-order valence-electron chi connectivity index (χ0n) is 21.0. The number of piperidine rings is 1. The summed E-state index contributed by atoms with van der Waals surface area (Å²) in [6, 6.07) is 7.97. The molecule has 0 atom stereocenters. The lowest BCUT2D eigenvalue weighted by molar-refractivity contribution is -0.193. The minimum atomic E-state index is -4.15. The highest BCUT2D eigenvalue weighted by Crippen LogP contribution is 2.58. The maximum Gasteiger partial charge on any atom is 0.395 e. The molecule has 1 amide bonds. The highest BCUT2D eigenvalue weighted by Gasteiger charge is 2.63. The number of halogens is 3. The van der Waals surface area contributed by atoms with Crippen LogP contribution in [0.3, 0.4) is 0 Å². The van der Waals surface area contributed by atoms with Gasteiger partial charge in [0.05, 0.1) is 22.7 Å². The van der Waals surface area contributed by atoms with Gasteiger partial charge in [-0.2, -0.15) is 13.2 Å². The summed E-state index contributed by atoms with van der Waals surface area (Å²) in [5.74, 6) is 1.30. The third-order valence-corrected chi connectivity index (χ3v) is 8.43. The van der Waals surface area contributed by atoms with Crippen LogP contribution in [0.25, 0.3) is 22.0 Å². The summed E-state index contributed by atoms with van der Waals surface area (Å²) in [4.78, 5) is 24.1. The number of alkyl halides is 3. The van der Waals surface area contributed by atoms with Crippen LogP contribution < -0.4 is 5.32 Å². The lowest BCUT2D eigenvalue weighted by atomic mass is 9.75. The number of benzene rings is 1. The Bertz CT molecular complexity index is 1290. The van der Waals surface area contributed by atoms with Crippen LogP contribution in [0.15, 0.2) is 36.7 Å². The van der Waals surface area contributed by atoms with E-state index in [1.165, 1.54) is 0 Å². The first-order valence-electron chi connectivity index (χ1n) is 12.5. The van der Waals surface area contributed by atoms with E-state index in [9.17, 15) is 18.0 Å². The fourth-order valence-corrected chi connectivity index (χ4v) is 5.38. The molecular formula is C27H32F3N5O. The van der Waals surface area contributed by atoms with Gasteiger partial charge < -0.3 is 14.8 Å². The minimum absolute atomic E-state index is 0.0443. The molecule has 1 saturated carbocycles. The number of amides is 1. The van der Waals surface area contributed by atoms with Crippen LogP contribution in [0, 0.1) is 17.8 Å². The normalized spacial score (nSPS) is 19.4. The SMILES string of the molecule is CCC1(C(=O)Nc2cc3cc(-c4cnc(C)n4C)ccc3cn2)CCN(CC2(C(F)(F)F)CC2)CC1. The number of carbonyl (C=O) groups is 1. The molecule has 1 aromatic carbocycles. The highest BCUT2D eigenvalue weighted by molar-refractivity contribution is 5.97. The Labute approximate surface area is 208 Å². The Morgan fingerprint density at radius 3 is 2.36 bits per heavy atom. The van der Waals surface area contributed by atoms with Gasteiger partial charge in [0.2, 0.25) is 5.91 Å². The Kier molecular flexibility index (Phi) is 6.09. The molecule has 192 valence electrons. The van der Waals surface area contributed by atoms with Gasteiger partial charge >= 0.3 is 6.18 Å². The van der Waals surface area contributed by atoms with Crippen LogP contribution in [-0.2, 0) is 11.8 Å². The Hall–Kier alpha value is -2.94. The fraction of sp³-hybridized carbons (Fsp3) is 0.519. The molecule has 3 aromatic rings. The average Bonchev–Trinajstić information content (AvgIpc) is 3.58. The van der Waals surface area contributed by atoms with E-state index in [4.69, 9.17) is 0 Å². The third kappa shape index (κ3) is 4.38. The summed E-state index contributed by atoms with van der Waals surface area (Å²) >= 11 is 0. The number of nitrogens with one attached hydrogen (secondary N) is 1. The molecule has 0 unspecified atom stereocenters. The fourth-order valence-electron chi connectivity index (χ4n) is 5.38. The predicted molar refractivity (Wildman–Crippen MR) is 133 cm³/mol. The summed E-state index contributed by atoms with van der Waals surface area (Å²) in [6.07, 6.45) is 1.58. The smallest absolute Gasteiger partial charge is 0.331 e. The van der Waals surface area contributed by atoms with Crippen molar-refractivity contribution in [1.82, 2.24) is 19.4 Å². The molecule has 6 nitrogen and oxygen atoms in total. The number of imidazole rings is 1. The summed E-state index contributed by atoms with van der Waals surface area (Å²) in [6.45, 7) is 4.97. The van der Waals surface area contributed by atoms with Gasteiger partial charge in [-0.25, -0.2) is 9.97 Å². The van der Waals surface area contributed by atoms with Crippen LogP contribution in [-0.4, -0.2) is 51.2 Å². The van der Waals surface area contributed by atoms with Crippen LogP contribution in [0.5, 0.6) is 0 Å². The third-order valence-electron chi connectivity index (χ3n) is 8.43.